The van der Waals surface area contributed by atoms with E-state index in [0.29, 0.717) is 5.56 Å². The van der Waals surface area contributed by atoms with E-state index in [1.54, 1.807) is 0 Å². The first-order valence-electron chi connectivity index (χ1n) is 5.85. The van der Waals surface area contributed by atoms with E-state index >= 15 is 0 Å². The third-order valence-electron chi connectivity index (χ3n) is 3.00. The molecule has 17 heavy (non-hydrogen) atoms. The average Bonchev–Trinajstić information content (AvgIpc) is 2.82. The lowest BCUT2D eigenvalue weighted by atomic mass is 10.1. The first-order valence-corrected chi connectivity index (χ1v) is 6.65. The fourth-order valence-electron chi connectivity index (χ4n) is 2.02. The van der Waals surface area contributed by atoms with E-state index in [2.05, 4.69) is 21.2 Å². The van der Waals surface area contributed by atoms with E-state index < -0.39 is 0 Å². The van der Waals surface area contributed by atoms with Crippen molar-refractivity contribution in [3.63, 3.8) is 0 Å². The number of hydrogen-bond donors (Lipinski definition) is 1. The van der Waals surface area contributed by atoms with Crippen LogP contribution in [0.2, 0.25) is 0 Å². The van der Waals surface area contributed by atoms with E-state index in [1.165, 1.54) is 0 Å². The van der Waals surface area contributed by atoms with Gasteiger partial charge in [-0.25, -0.2) is 0 Å². The molecule has 0 bridgehead atoms. The topological polar surface area (TPSA) is 38.3 Å². The standard InChI is InChI=1S/C13H16BrNO2/c1-9(12-7-4-8-17-12)15-13(16)10-5-2-3-6-11(10)14/h2-3,5-6,9,12H,4,7-8H2,1H3,(H,15,16)/t9-,12+/m0/s1. The molecule has 0 radical (unpaired) electrons. The van der Waals surface area contributed by atoms with Gasteiger partial charge in [-0.15, -0.1) is 0 Å². The Balaban J connectivity index is 1.99. The second-order valence-electron chi connectivity index (χ2n) is 4.29. The van der Waals surface area contributed by atoms with Crippen molar-refractivity contribution in [2.45, 2.75) is 31.9 Å². The Hall–Kier alpha value is -0.870. The van der Waals surface area contributed by atoms with Crippen LogP contribution < -0.4 is 5.32 Å². The number of benzene rings is 1. The van der Waals surface area contributed by atoms with Crippen LogP contribution in [0.25, 0.3) is 0 Å². The molecule has 1 N–H and O–H groups in total. The molecule has 0 aliphatic carbocycles. The number of nitrogens with one attached hydrogen (secondary N) is 1. The predicted octanol–water partition coefficient (Wildman–Crippen LogP) is 2.75. The Kier molecular flexibility index (Phi) is 4.18. The first kappa shape index (κ1) is 12.6. The molecule has 1 aromatic rings. The molecule has 92 valence electrons. The third-order valence-corrected chi connectivity index (χ3v) is 3.69. The van der Waals surface area contributed by atoms with Crippen molar-refractivity contribution >= 4 is 21.8 Å². The molecule has 1 fully saturated rings. The maximum Gasteiger partial charge on any atom is 0.252 e. The third kappa shape index (κ3) is 3.07. The molecule has 2 rings (SSSR count). The Bertz CT molecular complexity index is 402. The van der Waals surface area contributed by atoms with Crippen LogP contribution in [0.4, 0.5) is 0 Å². The maximum absolute atomic E-state index is 12.0. The number of amides is 1. The molecule has 1 heterocycles. The summed E-state index contributed by atoms with van der Waals surface area (Å²) in [7, 11) is 0. The lowest BCUT2D eigenvalue weighted by Crippen LogP contribution is -2.40. The van der Waals surface area contributed by atoms with Gasteiger partial charge in [0.05, 0.1) is 17.7 Å². The molecule has 1 saturated heterocycles. The van der Waals surface area contributed by atoms with Crippen molar-refractivity contribution in [3.05, 3.63) is 34.3 Å². The SMILES string of the molecule is C[C@H](NC(=O)c1ccccc1Br)[C@H]1CCCO1. The highest BCUT2D eigenvalue weighted by atomic mass is 79.9. The van der Waals surface area contributed by atoms with Crippen molar-refractivity contribution in [1.29, 1.82) is 0 Å². The lowest BCUT2D eigenvalue weighted by molar-refractivity contribution is 0.0712. The summed E-state index contributed by atoms with van der Waals surface area (Å²) in [6.07, 6.45) is 2.26. The highest BCUT2D eigenvalue weighted by Crippen LogP contribution is 2.18. The minimum atomic E-state index is -0.0551. The summed E-state index contributed by atoms with van der Waals surface area (Å²) in [4.78, 5) is 12.0. The van der Waals surface area contributed by atoms with Crippen LogP contribution in [0.1, 0.15) is 30.1 Å². The van der Waals surface area contributed by atoms with Crippen LogP contribution in [0, 0.1) is 0 Å². The molecule has 3 nitrogen and oxygen atoms in total. The summed E-state index contributed by atoms with van der Waals surface area (Å²) in [6.45, 7) is 2.80. The molecular formula is C13H16BrNO2. The highest BCUT2D eigenvalue weighted by molar-refractivity contribution is 9.10. The summed E-state index contributed by atoms with van der Waals surface area (Å²) in [5.74, 6) is -0.0551. The Morgan fingerprint density at radius 1 is 1.53 bits per heavy atom. The first-order chi connectivity index (χ1) is 8.18. The molecule has 0 spiro atoms. The zero-order valence-electron chi connectivity index (χ0n) is 9.78. The number of ether oxygens (including phenoxy) is 1. The fourth-order valence-corrected chi connectivity index (χ4v) is 2.48. The minimum absolute atomic E-state index is 0.0529. The largest absolute Gasteiger partial charge is 0.376 e. The molecule has 2 atom stereocenters. The maximum atomic E-state index is 12.0. The smallest absolute Gasteiger partial charge is 0.252 e. The van der Waals surface area contributed by atoms with Crippen LogP contribution in [0.3, 0.4) is 0 Å². The van der Waals surface area contributed by atoms with Gasteiger partial charge in [0.1, 0.15) is 0 Å². The van der Waals surface area contributed by atoms with Gasteiger partial charge < -0.3 is 10.1 Å². The lowest BCUT2D eigenvalue weighted by Gasteiger charge is -2.20. The Morgan fingerprint density at radius 2 is 2.29 bits per heavy atom. The number of rotatable bonds is 3. The van der Waals surface area contributed by atoms with Crippen molar-refractivity contribution in [3.8, 4) is 0 Å². The molecule has 1 aliphatic rings. The van der Waals surface area contributed by atoms with E-state index in [0.717, 1.165) is 23.9 Å². The van der Waals surface area contributed by atoms with E-state index in [1.807, 2.05) is 31.2 Å². The van der Waals surface area contributed by atoms with Crippen molar-refractivity contribution < 1.29 is 9.53 Å². The quantitative estimate of drug-likeness (QED) is 0.932. The average molecular weight is 298 g/mol. The number of carbonyl (C=O) groups is 1. The summed E-state index contributed by atoms with van der Waals surface area (Å²) >= 11 is 3.38. The molecule has 1 amide bonds. The molecule has 0 aromatic heterocycles. The second-order valence-corrected chi connectivity index (χ2v) is 5.15. The Morgan fingerprint density at radius 3 is 2.94 bits per heavy atom. The van der Waals surface area contributed by atoms with Gasteiger partial charge in [0.2, 0.25) is 0 Å². The van der Waals surface area contributed by atoms with Gasteiger partial charge in [0.25, 0.3) is 5.91 Å². The van der Waals surface area contributed by atoms with Crippen molar-refractivity contribution in [2.75, 3.05) is 6.61 Å². The summed E-state index contributed by atoms with van der Waals surface area (Å²) in [5, 5.41) is 2.99. The molecule has 1 aromatic carbocycles. The van der Waals surface area contributed by atoms with Crippen molar-refractivity contribution in [2.24, 2.45) is 0 Å². The van der Waals surface area contributed by atoms with Crippen LogP contribution in [-0.4, -0.2) is 24.7 Å². The molecule has 0 unspecified atom stereocenters. The second kappa shape index (κ2) is 5.65. The molecule has 1 aliphatic heterocycles. The van der Waals surface area contributed by atoms with E-state index in [4.69, 9.17) is 4.74 Å². The van der Waals surface area contributed by atoms with Gasteiger partial charge in [-0.05, 0) is 47.8 Å². The zero-order chi connectivity index (χ0) is 12.3. The highest BCUT2D eigenvalue weighted by Gasteiger charge is 2.24. The fraction of sp³-hybridized carbons (Fsp3) is 0.462. The number of hydrogen-bond acceptors (Lipinski definition) is 2. The van der Waals surface area contributed by atoms with Crippen molar-refractivity contribution in [1.82, 2.24) is 5.32 Å². The Labute approximate surface area is 110 Å². The van der Waals surface area contributed by atoms with Gasteiger partial charge in [-0.3, -0.25) is 4.79 Å². The zero-order valence-corrected chi connectivity index (χ0v) is 11.4. The van der Waals surface area contributed by atoms with Gasteiger partial charge in [-0.1, -0.05) is 12.1 Å². The van der Waals surface area contributed by atoms with Gasteiger partial charge in [-0.2, -0.15) is 0 Å². The minimum Gasteiger partial charge on any atom is -0.376 e. The summed E-state index contributed by atoms with van der Waals surface area (Å²) in [6, 6.07) is 7.48. The van der Waals surface area contributed by atoms with E-state index in [-0.39, 0.29) is 18.1 Å². The monoisotopic (exact) mass is 297 g/mol. The normalized spacial score (nSPS) is 21.2. The van der Waals surface area contributed by atoms with Gasteiger partial charge in [0, 0.05) is 11.1 Å². The molecular weight excluding hydrogens is 282 g/mol. The van der Waals surface area contributed by atoms with Gasteiger partial charge >= 0.3 is 0 Å². The summed E-state index contributed by atoms with van der Waals surface area (Å²) in [5.41, 5.74) is 0.664. The molecule has 4 heteroatoms. The van der Waals surface area contributed by atoms with Crippen LogP contribution >= 0.6 is 15.9 Å². The van der Waals surface area contributed by atoms with Crippen LogP contribution in [-0.2, 0) is 4.74 Å². The summed E-state index contributed by atoms with van der Waals surface area (Å²) < 4.78 is 6.37. The van der Waals surface area contributed by atoms with Gasteiger partial charge in [0.15, 0.2) is 0 Å². The number of halogens is 1. The molecule has 0 saturated carbocycles. The van der Waals surface area contributed by atoms with E-state index in [9.17, 15) is 4.79 Å². The van der Waals surface area contributed by atoms with Crippen LogP contribution in [0.15, 0.2) is 28.7 Å². The number of carbonyl (C=O) groups excluding carboxylic acids is 1. The van der Waals surface area contributed by atoms with Crippen LogP contribution in [0.5, 0.6) is 0 Å². The predicted molar refractivity (Wildman–Crippen MR) is 70.0 cm³/mol.